The highest BCUT2D eigenvalue weighted by Gasteiger charge is 2.23. The first-order chi connectivity index (χ1) is 24.3. The Morgan fingerprint density at radius 3 is 1.92 bits per heavy atom. The monoisotopic (exact) mass is 641 g/mol. The van der Waals surface area contributed by atoms with Crippen molar-refractivity contribution in [1.82, 2.24) is 14.1 Å². The van der Waals surface area contributed by atoms with Gasteiger partial charge in [0.25, 0.3) is 0 Å². The Kier molecular flexibility index (Phi) is 5.54. The molecule has 3 nitrogen and oxygen atoms in total. The third-order valence-corrected chi connectivity index (χ3v) is 11.3. The molecule has 0 bridgehead atoms. The summed E-state index contributed by atoms with van der Waals surface area (Å²) in [5.41, 5.74) is 7.91. The molecule has 0 N–H and O–H groups in total. The van der Waals surface area contributed by atoms with Gasteiger partial charge in [0.15, 0.2) is 0 Å². The Morgan fingerprint density at radius 2 is 1.08 bits per heavy atom. The van der Waals surface area contributed by atoms with Crippen LogP contribution >= 0.6 is 11.3 Å². The molecule has 0 aliphatic heterocycles. The number of benzene rings is 8. The number of para-hydroxylation sites is 3. The van der Waals surface area contributed by atoms with E-state index in [-0.39, 0.29) is 0 Å². The van der Waals surface area contributed by atoms with Crippen LogP contribution < -0.4 is 0 Å². The number of hydrogen-bond donors (Lipinski definition) is 0. The molecule has 4 heteroatoms. The van der Waals surface area contributed by atoms with Crippen LogP contribution in [0.2, 0.25) is 0 Å². The minimum atomic E-state index is 0.935. The fourth-order valence-corrected chi connectivity index (χ4v) is 9.27. The van der Waals surface area contributed by atoms with Gasteiger partial charge in [0.2, 0.25) is 0 Å². The highest BCUT2D eigenvalue weighted by atomic mass is 32.1. The molecule has 0 saturated carbocycles. The van der Waals surface area contributed by atoms with E-state index in [4.69, 9.17) is 4.98 Å². The van der Waals surface area contributed by atoms with Crippen molar-refractivity contribution in [2.24, 2.45) is 0 Å². The quantitative estimate of drug-likeness (QED) is 0.188. The maximum Gasteiger partial charge on any atom is 0.145 e. The molecule has 0 radical (unpaired) electrons. The predicted molar refractivity (Wildman–Crippen MR) is 209 cm³/mol. The van der Waals surface area contributed by atoms with Gasteiger partial charge in [0.1, 0.15) is 5.82 Å². The van der Waals surface area contributed by atoms with Crippen LogP contribution in [-0.4, -0.2) is 14.1 Å². The van der Waals surface area contributed by atoms with Crippen LogP contribution in [0.1, 0.15) is 0 Å². The van der Waals surface area contributed by atoms with E-state index >= 15 is 0 Å². The van der Waals surface area contributed by atoms with E-state index in [1.165, 1.54) is 63.5 Å². The summed E-state index contributed by atoms with van der Waals surface area (Å²) in [5.74, 6) is 0.935. The summed E-state index contributed by atoms with van der Waals surface area (Å²) in [6.07, 6.45) is 0. The fourth-order valence-electron chi connectivity index (χ4n) is 8.01. The normalized spacial score (nSPS) is 12.1. The number of fused-ring (bicyclic) bond motifs is 13. The van der Waals surface area contributed by atoms with Crippen LogP contribution in [0.25, 0.3) is 97.3 Å². The minimum Gasteiger partial charge on any atom is -0.307 e. The van der Waals surface area contributed by atoms with E-state index in [9.17, 15) is 0 Å². The number of imidazole rings is 1. The highest BCUT2D eigenvalue weighted by molar-refractivity contribution is 7.27. The van der Waals surface area contributed by atoms with E-state index in [1.807, 2.05) is 11.3 Å². The zero-order valence-electron chi connectivity index (χ0n) is 26.3. The number of aromatic nitrogens is 3. The molecule has 0 unspecified atom stereocenters. The second-order valence-corrected chi connectivity index (χ2v) is 13.8. The largest absolute Gasteiger partial charge is 0.307 e. The fraction of sp³-hybridized carbons (Fsp3) is 0. The second kappa shape index (κ2) is 10.1. The van der Waals surface area contributed by atoms with Crippen LogP contribution in [0.4, 0.5) is 0 Å². The molecule has 49 heavy (non-hydrogen) atoms. The molecular weight excluding hydrogens is 615 g/mol. The van der Waals surface area contributed by atoms with Crippen molar-refractivity contribution in [3.8, 4) is 22.8 Å². The number of nitrogens with zero attached hydrogens (tertiary/aromatic N) is 3. The third kappa shape index (κ3) is 3.75. The summed E-state index contributed by atoms with van der Waals surface area (Å²) in [7, 11) is 0. The number of thiophene rings is 1. The Bertz CT molecular complexity index is 3090. The summed E-state index contributed by atoms with van der Waals surface area (Å²) in [6.45, 7) is 0. The minimum absolute atomic E-state index is 0.935. The summed E-state index contributed by atoms with van der Waals surface area (Å²) in [5, 5.41) is 10.3. The lowest BCUT2D eigenvalue weighted by Gasteiger charge is -2.13. The summed E-state index contributed by atoms with van der Waals surface area (Å²) >= 11 is 1.90. The Balaban J connectivity index is 1.26. The van der Waals surface area contributed by atoms with Gasteiger partial charge in [0, 0.05) is 48.6 Å². The van der Waals surface area contributed by atoms with Gasteiger partial charge in [-0.25, -0.2) is 4.98 Å². The van der Waals surface area contributed by atoms with Gasteiger partial charge in [0.05, 0.1) is 26.8 Å². The zero-order valence-corrected chi connectivity index (χ0v) is 27.2. The van der Waals surface area contributed by atoms with E-state index in [2.05, 4.69) is 173 Å². The maximum absolute atomic E-state index is 5.15. The van der Waals surface area contributed by atoms with Gasteiger partial charge in [-0.2, -0.15) is 0 Å². The SMILES string of the molecule is c1ccc(-n2c(-c3ccc(-n4c5c6ccccc6ccc5c5c6ccccc6c6c7ccccc7sc6c54)cc3)nc3ccccc32)cc1. The first kappa shape index (κ1) is 26.8. The molecule has 0 amide bonds. The zero-order chi connectivity index (χ0) is 32.1. The van der Waals surface area contributed by atoms with Crippen molar-refractivity contribution in [3.05, 3.63) is 164 Å². The summed E-state index contributed by atoms with van der Waals surface area (Å²) < 4.78 is 7.43. The van der Waals surface area contributed by atoms with E-state index in [1.54, 1.807) is 0 Å². The average Bonchev–Trinajstić information content (AvgIpc) is 3.86. The third-order valence-electron chi connectivity index (χ3n) is 10.1. The first-order valence-electron chi connectivity index (χ1n) is 16.6. The summed E-state index contributed by atoms with van der Waals surface area (Å²) in [4.78, 5) is 5.15. The molecule has 11 aromatic rings. The lowest BCUT2D eigenvalue weighted by Crippen LogP contribution is -1.98. The number of hydrogen-bond acceptors (Lipinski definition) is 2. The molecular formula is C45H27N3S. The Labute approximate surface area is 285 Å². The van der Waals surface area contributed by atoms with Gasteiger partial charge >= 0.3 is 0 Å². The molecule has 0 spiro atoms. The van der Waals surface area contributed by atoms with E-state index in [0.29, 0.717) is 0 Å². The molecule has 0 atom stereocenters. The molecule has 0 aliphatic carbocycles. The molecule has 228 valence electrons. The van der Waals surface area contributed by atoms with Gasteiger partial charge in [-0.15, -0.1) is 11.3 Å². The molecule has 3 heterocycles. The Morgan fingerprint density at radius 1 is 0.429 bits per heavy atom. The van der Waals surface area contributed by atoms with Crippen molar-refractivity contribution < 1.29 is 0 Å². The van der Waals surface area contributed by atoms with Crippen molar-refractivity contribution in [2.75, 3.05) is 0 Å². The van der Waals surface area contributed by atoms with Gasteiger partial charge in [-0.05, 0) is 70.8 Å². The van der Waals surface area contributed by atoms with Crippen molar-refractivity contribution in [3.63, 3.8) is 0 Å². The number of rotatable bonds is 3. The van der Waals surface area contributed by atoms with Gasteiger partial charge in [-0.1, -0.05) is 109 Å². The molecule has 3 aromatic heterocycles. The van der Waals surface area contributed by atoms with Crippen LogP contribution in [0, 0.1) is 0 Å². The second-order valence-electron chi connectivity index (χ2n) is 12.7. The topological polar surface area (TPSA) is 22.8 Å². The van der Waals surface area contributed by atoms with Crippen molar-refractivity contribution in [2.45, 2.75) is 0 Å². The smallest absolute Gasteiger partial charge is 0.145 e. The van der Waals surface area contributed by atoms with Crippen LogP contribution in [0.5, 0.6) is 0 Å². The van der Waals surface area contributed by atoms with Crippen LogP contribution in [-0.2, 0) is 0 Å². The van der Waals surface area contributed by atoms with Crippen molar-refractivity contribution >= 4 is 85.9 Å². The first-order valence-corrected chi connectivity index (χ1v) is 17.5. The lowest BCUT2D eigenvalue weighted by atomic mass is 9.98. The van der Waals surface area contributed by atoms with Crippen LogP contribution in [0.3, 0.4) is 0 Å². The van der Waals surface area contributed by atoms with Crippen LogP contribution in [0.15, 0.2) is 164 Å². The molecule has 0 saturated heterocycles. The molecule has 0 fully saturated rings. The summed E-state index contributed by atoms with van der Waals surface area (Å²) in [6, 6.07) is 59.2. The lowest BCUT2D eigenvalue weighted by molar-refractivity contribution is 1.10. The van der Waals surface area contributed by atoms with E-state index < -0.39 is 0 Å². The standard InChI is InChI=1S/C45H27N3S/c1-2-13-30(14-3-1)47-38-20-10-9-19-37(38)46-45(47)29-22-25-31(26-23-29)48-42-32-15-5-4-12-28(32)24-27-36(42)40-33-16-6-7-17-34(33)41-35-18-8-11-21-39(35)49-44(41)43(40)48/h1-27H. The highest BCUT2D eigenvalue weighted by Crippen LogP contribution is 2.49. The Hall–Kier alpha value is -6.23. The van der Waals surface area contributed by atoms with Crippen molar-refractivity contribution in [1.29, 1.82) is 0 Å². The predicted octanol–water partition coefficient (Wildman–Crippen LogP) is 12.5. The maximum atomic E-state index is 5.15. The van der Waals surface area contributed by atoms with Gasteiger partial charge in [-0.3, -0.25) is 4.57 Å². The molecule has 0 aliphatic rings. The van der Waals surface area contributed by atoms with E-state index in [0.717, 1.165) is 33.8 Å². The molecule has 11 rings (SSSR count). The molecule has 8 aromatic carbocycles. The van der Waals surface area contributed by atoms with Gasteiger partial charge < -0.3 is 4.57 Å². The average molecular weight is 642 g/mol.